The minimum atomic E-state index is -5.04. The molecule has 0 atom stereocenters. The van der Waals surface area contributed by atoms with Gasteiger partial charge in [0.2, 0.25) is 9.84 Å². The van der Waals surface area contributed by atoms with Crippen LogP contribution in [0.15, 0.2) is 82.8 Å². The second-order valence-corrected chi connectivity index (χ2v) is 8.10. The molecule has 0 bridgehead atoms. The number of hydrogen-bond donors (Lipinski definition) is 2. The lowest BCUT2D eigenvalue weighted by molar-refractivity contribution is -0.275. The Bertz CT molecular complexity index is 1150. The molecule has 0 radical (unpaired) electrons. The van der Waals surface area contributed by atoms with E-state index in [0.717, 1.165) is 17.7 Å². The number of carbonyl (C=O) groups excluding carboxylic acids is 1. The predicted octanol–water partition coefficient (Wildman–Crippen LogP) is 4.13. The van der Waals surface area contributed by atoms with Crippen LogP contribution in [-0.4, -0.2) is 25.8 Å². The van der Waals surface area contributed by atoms with Gasteiger partial charge in [0.15, 0.2) is 0 Å². The zero-order chi connectivity index (χ0) is 22.5. The second kappa shape index (κ2) is 9.04. The Balaban J connectivity index is 1.71. The summed E-state index contributed by atoms with van der Waals surface area (Å²) in [5.41, 5.74) is 1.14. The Morgan fingerprint density at radius 2 is 1.61 bits per heavy atom. The van der Waals surface area contributed by atoms with E-state index in [-0.39, 0.29) is 11.4 Å². The predicted molar refractivity (Wildman–Crippen MR) is 105 cm³/mol. The first kappa shape index (κ1) is 22.1. The van der Waals surface area contributed by atoms with Crippen molar-refractivity contribution in [1.82, 2.24) is 10.3 Å². The van der Waals surface area contributed by atoms with E-state index in [1.807, 2.05) is 0 Å². The molecule has 2 amide bonds. The van der Waals surface area contributed by atoms with Crippen molar-refractivity contribution in [3.8, 4) is 5.75 Å². The first-order valence-electron chi connectivity index (χ1n) is 8.79. The van der Waals surface area contributed by atoms with E-state index >= 15 is 0 Å². The fraction of sp³-hybridized carbons (Fsp3) is 0.100. The number of anilines is 1. The molecule has 0 aliphatic carbocycles. The Hall–Kier alpha value is -3.60. The van der Waals surface area contributed by atoms with Crippen molar-refractivity contribution in [3.63, 3.8) is 0 Å². The van der Waals surface area contributed by atoms with Crippen LogP contribution in [0.3, 0.4) is 0 Å². The van der Waals surface area contributed by atoms with Crippen LogP contribution in [0.2, 0.25) is 0 Å². The Morgan fingerprint density at radius 1 is 0.968 bits per heavy atom. The van der Waals surface area contributed by atoms with Gasteiger partial charge in [0.05, 0.1) is 4.90 Å². The maximum atomic E-state index is 12.8. The average molecular weight is 451 g/mol. The smallest absolute Gasteiger partial charge is 0.404 e. The lowest BCUT2D eigenvalue weighted by Crippen LogP contribution is -2.28. The number of hydrogen-bond acceptors (Lipinski definition) is 5. The van der Waals surface area contributed by atoms with E-state index in [9.17, 15) is 26.4 Å². The van der Waals surface area contributed by atoms with Gasteiger partial charge in [-0.3, -0.25) is 4.98 Å². The first-order valence-corrected chi connectivity index (χ1v) is 10.3. The number of amides is 2. The number of halogens is 3. The van der Waals surface area contributed by atoms with Crippen LogP contribution in [0.1, 0.15) is 5.56 Å². The number of nitrogens with one attached hydrogen (secondary N) is 2. The largest absolute Gasteiger partial charge is 0.573 e. The summed E-state index contributed by atoms with van der Waals surface area (Å²) in [7, 11) is -4.29. The number of ether oxygens (including phenoxy) is 1. The van der Waals surface area contributed by atoms with Crippen molar-refractivity contribution in [2.24, 2.45) is 0 Å². The minimum Gasteiger partial charge on any atom is -0.404 e. The van der Waals surface area contributed by atoms with Gasteiger partial charge in [-0.05, 0) is 54.1 Å². The van der Waals surface area contributed by atoms with Crippen LogP contribution in [0.25, 0.3) is 0 Å². The molecule has 0 fully saturated rings. The number of para-hydroxylation sites is 1. The minimum absolute atomic E-state index is 0.256. The summed E-state index contributed by atoms with van der Waals surface area (Å²) in [6, 6.07) is 12.4. The Morgan fingerprint density at radius 3 is 2.26 bits per heavy atom. The van der Waals surface area contributed by atoms with Crippen LogP contribution < -0.4 is 15.4 Å². The van der Waals surface area contributed by atoms with Gasteiger partial charge < -0.3 is 15.4 Å². The van der Waals surface area contributed by atoms with E-state index in [2.05, 4.69) is 20.4 Å². The van der Waals surface area contributed by atoms with Crippen molar-refractivity contribution < 1.29 is 31.1 Å². The number of aromatic nitrogens is 1. The standard InChI is InChI=1S/C20H16F3N3O4S/c21-20(22,23)30-17-3-1-2-4-18(17)31(28,29)16-7-5-15(6-8-16)26-19(27)25-13-14-9-11-24-12-10-14/h1-12H,13H2,(H2,25,26,27). The molecule has 2 aromatic carbocycles. The fourth-order valence-electron chi connectivity index (χ4n) is 2.58. The molecule has 1 aromatic heterocycles. The third kappa shape index (κ3) is 5.95. The van der Waals surface area contributed by atoms with Crippen LogP contribution in [0, 0.1) is 0 Å². The highest BCUT2D eigenvalue weighted by molar-refractivity contribution is 7.91. The Kier molecular flexibility index (Phi) is 6.44. The van der Waals surface area contributed by atoms with Crippen molar-refractivity contribution in [1.29, 1.82) is 0 Å². The van der Waals surface area contributed by atoms with Gasteiger partial charge in [0.25, 0.3) is 0 Å². The molecule has 0 saturated carbocycles. The maximum absolute atomic E-state index is 12.8. The van der Waals surface area contributed by atoms with E-state index < -0.39 is 32.9 Å². The summed E-state index contributed by atoms with van der Waals surface area (Å²) >= 11 is 0. The molecule has 0 saturated heterocycles. The zero-order valence-electron chi connectivity index (χ0n) is 15.8. The van der Waals surface area contributed by atoms with Crippen molar-refractivity contribution in [2.45, 2.75) is 22.7 Å². The number of benzene rings is 2. The summed E-state index contributed by atoms with van der Waals surface area (Å²) in [5, 5.41) is 5.17. The summed E-state index contributed by atoms with van der Waals surface area (Å²) < 4.78 is 67.2. The molecule has 3 aromatic rings. The van der Waals surface area contributed by atoms with E-state index in [4.69, 9.17) is 0 Å². The van der Waals surface area contributed by atoms with E-state index in [1.54, 1.807) is 24.5 Å². The highest BCUT2D eigenvalue weighted by atomic mass is 32.2. The summed E-state index contributed by atoms with van der Waals surface area (Å²) in [6.45, 7) is 0.261. The van der Waals surface area contributed by atoms with Crippen LogP contribution >= 0.6 is 0 Å². The van der Waals surface area contributed by atoms with Gasteiger partial charge in [-0.15, -0.1) is 13.2 Å². The normalized spacial score (nSPS) is 11.6. The van der Waals surface area contributed by atoms with Gasteiger partial charge in [0, 0.05) is 24.6 Å². The van der Waals surface area contributed by atoms with Gasteiger partial charge in [0.1, 0.15) is 10.6 Å². The Labute approximate surface area is 175 Å². The van der Waals surface area contributed by atoms with Crippen LogP contribution in [0.5, 0.6) is 5.75 Å². The number of pyridine rings is 1. The van der Waals surface area contributed by atoms with Crippen molar-refractivity contribution in [2.75, 3.05) is 5.32 Å². The molecule has 3 rings (SSSR count). The molecule has 0 aliphatic rings. The summed E-state index contributed by atoms with van der Waals surface area (Å²) in [5.74, 6) is -0.826. The van der Waals surface area contributed by atoms with Crippen molar-refractivity contribution >= 4 is 21.6 Å². The first-order chi connectivity index (χ1) is 14.6. The SMILES string of the molecule is O=C(NCc1ccncc1)Nc1ccc(S(=O)(=O)c2ccccc2OC(F)(F)F)cc1. The third-order valence-corrected chi connectivity index (χ3v) is 5.80. The third-order valence-electron chi connectivity index (χ3n) is 3.99. The van der Waals surface area contributed by atoms with Crippen LogP contribution in [-0.2, 0) is 16.4 Å². The average Bonchev–Trinajstić information content (AvgIpc) is 2.72. The molecular formula is C20H16F3N3O4S. The molecule has 1 heterocycles. The fourth-order valence-corrected chi connectivity index (χ4v) is 3.96. The number of urea groups is 1. The number of carbonyl (C=O) groups is 1. The summed E-state index contributed by atoms with van der Waals surface area (Å²) in [6.07, 6.45) is -1.86. The molecule has 11 heteroatoms. The van der Waals surface area contributed by atoms with Gasteiger partial charge in [-0.1, -0.05) is 12.1 Å². The molecule has 0 spiro atoms. The molecule has 162 valence electrons. The molecular weight excluding hydrogens is 435 g/mol. The second-order valence-electron chi connectivity index (χ2n) is 6.19. The highest BCUT2D eigenvalue weighted by Crippen LogP contribution is 2.33. The lowest BCUT2D eigenvalue weighted by Gasteiger charge is -2.14. The van der Waals surface area contributed by atoms with Crippen LogP contribution in [0.4, 0.5) is 23.7 Å². The lowest BCUT2D eigenvalue weighted by atomic mass is 10.3. The van der Waals surface area contributed by atoms with E-state index in [1.165, 1.54) is 36.4 Å². The number of rotatable bonds is 6. The molecule has 2 N–H and O–H groups in total. The van der Waals surface area contributed by atoms with Gasteiger partial charge in [-0.2, -0.15) is 0 Å². The topological polar surface area (TPSA) is 97.4 Å². The van der Waals surface area contributed by atoms with Gasteiger partial charge in [-0.25, -0.2) is 13.2 Å². The highest BCUT2D eigenvalue weighted by Gasteiger charge is 2.34. The number of alkyl halides is 3. The number of nitrogens with zero attached hydrogens (tertiary/aromatic N) is 1. The quantitative estimate of drug-likeness (QED) is 0.587. The molecule has 7 nitrogen and oxygen atoms in total. The molecule has 0 aliphatic heterocycles. The molecule has 31 heavy (non-hydrogen) atoms. The van der Waals surface area contributed by atoms with E-state index in [0.29, 0.717) is 5.69 Å². The number of sulfone groups is 1. The van der Waals surface area contributed by atoms with Gasteiger partial charge >= 0.3 is 12.4 Å². The monoisotopic (exact) mass is 451 g/mol. The van der Waals surface area contributed by atoms with Crippen molar-refractivity contribution in [3.05, 3.63) is 78.6 Å². The summed E-state index contributed by atoms with van der Waals surface area (Å²) in [4.78, 5) is 15.0. The maximum Gasteiger partial charge on any atom is 0.573 e. The molecule has 0 unspecified atom stereocenters. The zero-order valence-corrected chi connectivity index (χ0v) is 16.6.